The molecule has 108 valence electrons. The van der Waals surface area contributed by atoms with Gasteiger partial charge in [0, 0.05) is 38.1 Å². The van der Waals surface area contributed by atoms with E-state index in [-0.39, 0.29) is 0 Å². The van der Waals surface area contributed by atoms with Crippen molar-refractivity contribution in [3.8, 4) is 0 Å². The van der Waals surface area contributed by atoms with Crippen molar-refractivity contribution in [3.63, 3.8) is 0 Å². The molecular formula is C17H25N3. The zero-order valence-electron chi connectivity index (χ0n) is 12.7. The minimum atomic E-state index is 0.358. The van der Waals surface area contributed by atoms with Crippen LogP contribution in [-0.2, 0) is 13.1 Å². The molecule has 0 aliphatic carbocycles. The number of hydrogen-bond donors (Lipinski definition) is 1. The summed E-state index contributed by atoms with van der Waals surface area (Å²) in [5, 5.41) is 3.67. The third-order valence-corrected chi connectivity index (χ3v) is 3.48. The van der Waals surface area contributed by atoms with Crippen LogP contribution in [0.25, 0.3) is 0 Å². The van der Waals surface area contributed by atoms with Gasteiger partial charge < -0.3 is 14.8 Å². The molecule has 1 aromatic carbocycles. The lowest BCUT2D eigenvalue weighted by Gasteiger charge is -2.22. The van der Waals surface area contributed by atoms with Crippen molar-refractivity contribution in [1.29, 1.82) is 0 Å². The molecule has 1 aromatic heterocycles. The Morgan fingerprint density at radius 2 is 1.90 bits per heavy atom. The van der Waals surface area contributed by atoms with Crippen molar-refractivity contribution in [1.82, 2.24) is 14.8 Å². The molecule has 0 spiro atoms. The predicted octanol–water partition coefficient (Wildman–Crippen LogP) is 2.90. The van der Waals surface area contributed by atoms with Gasteiger partial charge in [-0.25, -0.2) is 0 Å². The van der Waals surface area contributed by atoms with E-state index < -0.39 is 0 Å². The molecule has 0 saturated carbocycles. The Balaban J connectivity index is 2.01. The van der Waals surface area contributed by atoms with Gasteiger partial charge >= 0.3 is 0 Å². The molecule has 1 atom stereocenters. The summed E-state index contributed by atoms with van der Waals surface area (Å²) in [6.45, 7) is 5.09. The minimum absolute atomic E-state index is 0.358. The maximum Gasteiger partial charge on any atom is 0.0451 e. The molecule has 3 heteroatoms. The average molecular weight is 271 g/mol. The van der Waals surface area contributed by atoms with E-state index in [2.05, 4.69) is 84.6 Å². The van der Waals surface area contributed by atoms with E-state index in [1.807, 2.05) is 0 Å². The van der Waals surface area contributed by atoms with Crippen LogP contribution >= 0.6 is 0 Å². The zero-order chi connectivity index (χ0) is 14.4. The maximum atomic E-state index is 3.67. The van der Waals surface area contributed by atoms with E-state index in [0.717, 1.165) is 19.6 Å². The smallest absolute Gasteiger partial charge is 0.0451 e. The second kappa shape index (κ2) is 7.27. The molecule has 2 aromatic rings. The van der Waals surface area contributed by atoms with Gasteiger partial charge in [0.1, 0.15) is 0 Å². The Bertz CT molecular complexity index is 502. The molecule has 0 saturated heterocycles. The lowest BCUT2D eigenvalue weighted by Crippen LogP contribution is -2.30. The standard InChI is InChI=1S/C17H25N3/c1-4-20-11-10-15(13-20)12-18-17(14-19(2)3)16-8-6-5-7-9-16/h5-11,13,17-18H,4,12,14H2,1-3H3. The number of rotatable bonds is 7. The first-order valence-corrected chi connectivity index (χ1v) is 7.26. The normalized spacial score (nSPS) is 12.8. The van der Waals surface area contributed by atoms with Crippen LogP contribution < -0.4 is 5.32 Å². The first kappa shape index (κ1) is 14.8. The fourth-order valence-corrected chi connectivity index (χ4v) is 2.37. The molecule has 3 nitrogen and oxygen atoms in total. The summed E-state index contributed by atoms with van der Waals surface area (Å²) < 4.78 is 2.21. The van der Waals surface area contributed by atoms with Crippen LogP contribution in [0.5, 0.6) is 0 Å². The fourth-order valence-electron chi connectivity index (χ4n) is 2.37. The molecular weight excluding hydrogens is 246 g/mol. The van der Waals surface area contributed by atoms with E-state index in [1.165, 1.54) is 11.1 Å². The van der Waals surface area contributed by atoms with Crippen LogP contribution in [0.2, 0.25) is 0 Å². The molecule has 0 amide bonds. The van der Waals surface area contributed by atoms with Crippen molar-refractivity contribution in [3.05, 3.63) is 59.9 Å². The van der Waals surface area contributed by atoms with Crippen LogP contribution in [-0.4, -0.2) is 30.1 Å². The molecule has 1 unspecified atom stereocenters. The highest BCUT2D eigenvalue weighted by Gasteiger charge is 2.11. The predicted molar refractivity (Wildman–Crippen MR) is 84.7 cm³/mol. The quantitative estimate of drug-likeness (QED) is 0.835. The first-order chi connectivity index (χ1) is 9.69. The Kier molecular flexibility index (Phi) is 5.39. The molecule has 1 heterocycles. The third kappa shape index (κ3) is 4.22. The van der Waals surface area contributed by atoms with Gasteiger partial charge in [-0.1, -0.05) is 30.3 Å². The number of aromatic nitrogens is 1. The Morgan fingerprint density at radius 3 is 2.50 bits per heavy atom. The van der Waals surface area contributed by atoms with Crippen molar-refractivity contribution >= 4 is 0 Å². The highest BCUT2D eigenvalue weighted by atomic mass is 15.1. The van der Waals surface area contributed by atoms with E-state index in [0.29, 0.717) is 6.04 Å². The van der Waals surface area contributed by atoms with Gasteiger partial charge in [0.2, 0.25) is 0 Å². The van der Waals surface area contributed by atoms with Crippen LogP contribution in [0.4, 0.5) is 0 Å². The number of hydrogen-bond acceptors (Lipinski definition) is 2. The Hall–Kier alpha value is -1.58. The summed E-state index contributed by atoms with van der Waals surface area (Å²) in [6.07, 6.45) is 4.35. The van der Waals surface area contributed by atoms with E-state index in [4.69, 9.17) is 0 Å². The molecule has 0 aliphatic heterocycles. The second-order valence-corrected chi connectivity index (χ2v) is 5.46. The third-order valence-electron chi connectivity index (χ3n) is 3.48. The van der Waals surface area contributed by atoms with E-state index in [1.54, 1.807) is 0 Å². The number of nitrogens with one attached hydrogen (secondary N) is 1. The molecule has 1 N–H and O–H groups in total. The van der Waals surface area contributed by atoms with Gasteiger partial charge in [0.15, 0.2) is 0 Å². The largest absolute Gasteiger partial charge is 0.354 e. The number of nitrogens with zero attached hydrogens (tertiary/aromatic N) is 2. The lowest BCUT2D eigenvalue weighted by molar-refractivity contribution is 0.340. The zero-order valence-corrected chi connectivity index (χ0v) is 12.7. The van der Waals surface area contributed by atoms with Crippen LogP contribution in [0.3, 0.4) is 0 Å². The van der Waals surface area contributed by atoms with Gasteiger partial charge in [-0.15, -0.1) is 0 Å². The number of likely N-dealkylation sites (N-methyl/N-ethyl adjacent to an activating group) is 1. The molecule has 0 radical (unpaired) electrons. The molecule has 0 fully saturated rings. The highest BCUT2D eigenvalue weighted by molar-refractivity contribution is 5.20. The highest BCUT2D eigenvalue weighted by Crippen LogP contribution is 2.14. The summed E-state index contributed by atoms with van der Waals surface area (Å²) >= 11 is 0. The maximum absolute atomic E-state index is 3.67. The van der Waals surface area contributed by atoms with Crippen LogP contribution in [0.1, 0.15) is 24.1 Å². The van der Waals surface area contributed by atoms with Crippen molar-refractivity contribution in [2.45, 2.75) is 26.1 Å². The van der Waals surface area contributed by atoms with Gasteiger partial charge in [0.05, 0.1) is 0 Å². The van der Waals surface area contributed by atoms with Gasteiger partial charge in [-0.05, 0) is 38.2 Å². The summed E-state index contributed by atoms with van der Waals surface area (Å²) in [5.74, 6) is 0. The molecule has 0 bridgehead atoms. The lowest BCUT2D eigenvalue weighted by atomic mass is 10.1. The second-order valence-electron chi connectivity index (χ2n) is 5.46. The topological polar surface area (TPSA) is 20.2 Å². The van der Waals surface area contributed by atoms with Crippen molar-refractivity contribution in [2.75, 3.05) is 20.6 Å². The number of aryl methyl sites for hydroxylation is 1. The van der Waals surface area contributed by atoms with Crippen molar-refractivity contribution < 1.29 is 0 Å². The van der Waals surface area contributed by atoms with E-state index >= 15 is 0 Å². The molecule has 2 rings (SSSR count). The molecule has 20 heavy (non-hydrogen) atoms. The minimum Gasteiger partial charge on any atom is -0.354 e. The summed E-state index contributed by atoms with van der Waals surface area (Å²) in [6, 6.07) is 13.2. The van der Waals surface area contributed by atoms with E-state index in [9.17, 15) is 0 Å². The summed E-state index contributed by atoms with van der Waals surface area (Å²) in [4.78, 5) is 2.22. The monoisotopic (exact) mass is 271 g/mol. The van der Waals surface area contributed by atoms with Gasteiger partial charge in [-0.2, -0.15) is 0 Å². The first-order valence-electron chi connectivity index (χ1n) is 7.26. The number of benzene rings is 1. The van der Waals surface area contributed by atoms with Crippen molar-refractivity contribution in [2.24, 2.45) is 0 Å². The van der Waals surface area contributed by atoms with Crippen LogP contribution in [0.15, 0.2) is 48.8 Å². The van der Waals surface area contributed by atoms with Gasteiger partial charge in [0.25, 0.3) is 0 Å². The Labute approximate surface area is 122 Å². The SMILES string of the molecule is CCn1ccc(CNC(CN(C)C)c2ccccc2)c1. The fraction of sp³-hybridized carbons (Fsp3) is 0.412. The van der Waals surface area contributed by atoms with Gasteiger partial charge in [-0.3, -0.25) is 0 Å². The Morgan fingerprint density at radius 1 is 1.15 bits per heavy atom. The summed E-state index contributed by atoms with van der Waals surface area (Å²) in [7, 11) is 4.23. The van der Waals surface area contributed by atoms with Crippen LogP contribution in [0, 0.1) is 0 Å². The average Bonchev–Trinajstić information content (AvgIpc) is 2.92. The molecule has 0 aliphatic rings. The summed E-state index contributed by atoms with van der Waals surface area (Å²) in [5.41, 5.74) is 2.68.